The van der Waals surface area contributed by atoms with Crippen molar-refractivity contribution in [2.75, 3.05) is 13.7 Å². The summed E-state index contributed by atoms with van der Waals surface area (Å²) in [5.74, 6) is 1.50. The van der Waals surface area contributed by atoms with Gasteiger partial charge in [0.05, 0.1) is 18.6 Å². The molecule has 1 aliphatic rings. The Balaban J connectivity index is 0.00000320. The quantitative estimate of drug-likeness (QED) is 0.257. The lowest BCUT2D eigenvalue weighted by Crippen LogP contribution is -2.36. The topological polar surface area (TPSA) is 91.8 Å². The van der Waals surface area contributed by atoms with Crippen LogP contribution in [0.3, 0.4) is 0 Å². The maximum atomic E-state index is 12.2. The fraction of sp³-hybridized carbons (Fsp3) is 0.381. The van der Waals surface area contributed by atoms with E-state index in [-0.39, 0.29) is 30.0 Å². The van der Waals surface area contributed by atoms with Crippen LogP contribution in [-0.2, 0) is 23.1 Å². The van der Waals surface area contributed by atoms with Crippen molar-refractivity contribution in [1.82, 2.24) is 15.4 Å². The summed E-state index contributed by atoms with van der Waals surface area (Å²) in [5.41, 5.74) is 2.03. The Labute approximate surface area is 195 Å². The molecule has 0 aliphatic heterocycles. The second-order valence-electron chi connectivity index (χ2n) is 6.94. The molecule has 0 bridgehead atoms. The van der Waals surface area contributed by atoms with E-state index in [1.54, 1.807) is 19.2 Å². The van der Waals surface area contributed by atoms with Gasteiger partial charge in [-0.15, -0.1) is 24.0 Å². The Kier molecular flexibility index (Phi) is 9.37. The molecule has 30 heavy (non-hydrogen) atoms. The maximum Gasteiger partial charge on any atom is 0.240 e. The highest BCUT2D eigenvalue weighted by molar-refractivity contribution is 14.0. The van der Waals surface area contributed by atoms with Crippen LogP contribution in [0, 0.1) is 0 Å². The summed E-state index contributed by atoms with van der Waals surface area (Å²) in [6.45, 7) is 3.82. The monoisotopic (exact) mass is 544 g/mol. The molecule has 0 radical (unpaired) electrons. The van der Waals surface area contributed by atoms with Crippen molar-refractivity contribution in [3.8, 4) is 5.75 Å². The summed E-state index contributed by atoms with van der Waals surface area (Å²) in [6.07, 6.45) is 1.84. The van der Waals surface area contributed by atoms with E-state index in [0.717, 1.165) is 36.3 Å². The fourth-order valence-electron chi connectivity index (χ4n) is 2.74. The Morgan fingerprint density at radius 1 is 1.10 bits per heavy atom. The smallest absolute Gasteiger partial charge is 0.240 e. The molecule has 3 N–H and O–H groups in total. The van der Waals surface area contributed by atoms with Gasteiger partial charge in [-0.25, -0.2) is 18.1 Å². The average molecular weight is 544 g/mol. The van der Waals surface area contributed by atoms with Gasteiger partial charge in [0.15, 0.2) is 5.96 Å². The Morgan fingerprint density at radius 3 is 2.47 bits per heavy atom. The first-order valence-electron chi connectivity index (χ1n) is 9.76. The first kappa shape index (κ1) is 24.4. The van der Waals surface area contributed by atoms with Crippen LogP contribution in [-0.4, -0.2) is 34.1 Å². The van der Waals surface area contributed by atoms with Gasteiger partial charge >= 0.3 is 0 Å². The van der Waals surface area contributed by atoms with E-state index >= 15 is 0 Å². The van der Waals surface area contributed by atoms with E-state index in [1.807, 2.05) is 43.3 Å². The first-order chi connectivity index (χ1) is 14.0. The van der Waals surface area contributed by atoms with Crippen molar-refractivity contribution in [3.63, 3.8) is 0 Å². The van der Waals surface area contributed by atoms with Crippen molar-refractivity contribution in [2.24, 2.45) is 4.99 Å². The highest BCUT2D eigenvalue weighted by atomic mass is 127. The minimum atomic E-state index is -3.42. The van der Waals surface area contributed by atoms with Gasteiger partial charge in [-0.3, -0.25) is 0 Å². The van der Waals surface area contributed by atoms with E-state index in [0.29, 0.717) is 23.9 Å². The number of nitrogens with zero attached hydrogens (tertiary/aromatic N) is 1. The van der Waals surface area contributed by atoms with Crippen LogP contribution in [0.1, 0.15) is 30.9 Å². The molecular weight excluding hydrogens is 515 g/mol. The minimum Gasteiger partial charge on any atom is -0.497 e. The Bertz CT molecular complexity index is 945. The van der Waals surface area contributed by atoms with E-state index < -0.39 is 10.0 Å². The lowest BCUT2D eigenvalue weighted by atomic mass is 10.2. The van der Waals surface area contributed by atoms with Crippen molar-refractivity contribution in [2.45, 2.75) is 43.8 Å². The van der Waals surface area contributed by atoms with Crippen molar-refractivity contribution >= 4 is 40.0 Å². The summed E-state index contributed by atoms with van der Waals surface area (Å²) in [6, 6.07) is 14.8. The third kappa shape index (κ3) is 7.44. The molecule has 9 heteroatoms. The number of rotatable bonds is 9. The van der Waals surface area contributed by atoms with Crippen LogP contribution in [0.4, 0.5) is 0 Å². The summed E-state index contributed by atoms with van der Waals surface area (Å²) in [7, 11) is -1.77. The summed E-state index contributed by atoms with van der Waals surface area (Å²) in [4.78, 5) is 4.90. The molecule has 0 spiro atoms. The number of aliphatic imine (C=N–C) groups is 1. The molecule has 1 saturated carbocycles. The Morgan fingerprint density at radius 2 is 1.83 bits per heavy atom. The van der Waals surface area contributed by atoms with E-state index in [2.05, 4.69) is 20.3 Å². The van der Waals surface area contributed by atoms with Gasteiger partial charge in [0.2, 0.25) is 10.0 Å². The average Bonchev–Trinajstić information content (AvgIpc) is 3.54. The van der Waals surface area contributed by atoms with Crippen LogP contribution >= 0.6 is 24.0 Å². The van der Waals surface area contributed by atoms with Crippen molar-refractivity contribution in [3.05, 3.63) is 59.7 Å². The molecule has 0 atom stereocenters. The lowest BCUT2D eigenvalue weighted by molar-refractivity contribution is 0.414. The summed E-state index contributed by atoms with van der Waals surface area (Å²) in [5, 5.41) is 6.50. The number of methoxy groups -OCH3 is 1. The maximum absolute atomic E-state index is 12.2. The van der Waals surface area contributed by atoms with Crippen LogP contribution in [0.5, 0.6) is 5.75 Å². The third-order valence-corrected chi connectivity index (χ3v) is 6.03. The molecule has 0 amide bonds. The van der Waals surface area contributed by atoms with Gasteiger partial charge in [0.1, 0.15) is 5.75 Å². The van der Waals surface area contributed by atoms with Gasteiger partial charge in [-0.05, 0) is 55.2 Å². The first-order valence-corrected chi connectivity index (χ1v) is 11.2. The highest BCUT2D eigenvalue weighted by Gasteiger charge is 2.27. The van der Waals surface area contributed by atoms with Crippen LogP contribution in [0.2, 0.25) is 0 Å². The molecule has 3 rings (SSSR count). The van der Waals surface area contributed by atoms with Gasteiger partial charge in [-0.1, -0.05) is 24.3 Å². The lowest BCUT2D eigenvalue weighted by Gasteiger charge is -2.12. The highest BCUT2D eigenvalue weighted by Crippen LogP contribution is 2.22. The predicted molar refractivity (Wildman–Crippen MR) is 130 cm³/mol. The molecule has 1 fully saturated rings. The molecule has 2 aromatic rings. The number of hydrogen-bond acceptors (Lipinski definition) is 4. The molecule has 0 aromatic heterocycles. The van der Waals surface area contributed by atoms with Crippen LogP contribution in [0.25, 0.3) is 0 Å². The molecule has 0 saturated heterocycles. The van der Waals surface area contributed by atoms with Crippen molar-refractivity contribution in [1.29, 1.82) is 0 Å². The minimum absolute atomic E-state index is 0. The zero-order valence-corrected chi connectivity index (χ0v) is 20.4. The van der Waals surface area contributed by atoms with Crippen LogP contribution in [0.15, 0.2) is 58.4 Å². The number of hydrogen-bond donors (Lipinski definition) is 3. The Hall–Kier alpha value is -1.85. The summed E-state index contributed by atoms with van der Waals surface area (Å²) >= 11 is 0. The standard InChI is InChI=1S/C21H28N4O3S.HI/c1-3-22-21(24-15-17-5-4-6-19(13-17)28-2)23-14-16-7-11-20(12-8-16)29(26,27)25-18-9-10-18;/h4-8,11-13,18,25H,3,9-10,14-15H2,1-2H3,(H2,22,23,24);1H. The van der Waals surface area contributed by atoms with E-state index in [9.17, 15) is 8.42 Å². The van der Waals surface area contributed by atoms with E-state index in [1.165, 1.54) is 0 Å². The van der Waals surface area contributed by atoms with Gasteiger partial charge in [-0.2, -0.15) is 0 Å². The molecule has 0 heterocycles. The second kappa shape index (κ2) is 11.5. The fourth-order valence-corrected chi connectivity index (χ4v) is 4.05. The number of sulfonamides is 1. The second-order valence-corrected chi connectivity index (χ2v) is 8.65. The molecule has 7 nitrogen and oxygen atoms in total. The SMILES string of the molecule is CCNC(=NCc1cccc(OC)c1)NCc1ccc(S(=O)(=O)NC2CC2)cc1.I. The zero-order chi connectivity index (χ0) is 20.7. The number of halogens is 1. The van der Waals surface area contributed by atoms with Gasteiger partial charge in [0, 0.05) is 19.1 Å². The third-order valence-electron chi connectivity index (χ3n) is 4.49. The number of guanidine groups is 1. The number of nitrogens with one attached hydrogen (secondary N) is 3. The predicted octanol–water partition coefficient (Wildman–Crippen LogP) is 3.01. The summed E-state index contributed by atoms with van der Waals surface area (Å²) < 4.78 is 32.4. The van der Waals surface area contributed by atoms with E-state index in [4.69, 9.17) is 4.74 Å². The van der Waals surface area contributed by atoms with Gasteiger partial charge < -0.3 is 15.4 Å². The largest absolute Gasteiger partial charge is 0.497 e. The molecule has 1 aliphatic carbocycles. The number of ether oxygens (including phenoxy) is 1. The molecule has 0 unspecified atom stereocenters. The number of benzene rings is 2. The van der Waals surface area contributed by atoms with Gasteiger partial charge in [0.25, 0.3) is 0 Å². The molecular formula is C21H29IN4O3S. The van der Waals surface area contributed by atoms with Crippen molar-refractivity contribution < 1.29 is 13.2 Å². The normalized spacial score (nSPS) is 14.0. The van der Waals surface area contributed by atoms with Crippen LogP contribution < -0.4 is 20.1 Å². The molecule has 2 aromatic carbocycles. The molecule has 164 valence electrons. The zero-order valence-electron chi connectivity index (χ0n) is 17.2.